The van der Waals surface area contributed by atoms with Crippen LogP contribution in [0, 0.1) is 5.82 Å². The van der Waals surface area contributed by atoms with Crippen LogP contribution in [-0.2, 0) is 11.2 Å². The number of hydrogen-bond donors (Lipinski definition) is 2. The summed E-state index contributed by atoms with van der Waals surface area (Å²) in [6.45, 7) is 0. The molecule has 0 fully saturated rings. The van der Waals surface area contributed by atoms with Gasteiger partial charge in [-0.3, -0.25) is 0 Å². The monoisotopic (exact) mass is 259 g/mol. The zero-order valence-corrected chi connectivity index (χ0v) is 8.64. The smallest absolute Gasteiger partial charge is 0.326 e. The van der Waals surface area contributed by atoms with Gasteiger partial charge >= 0.3 is 5.97 Å². The van der Waals surface area contributed by atoms with Crippen molar-refractivity contribution in [1.82, 2.24) is 0 Å². The van der Waals surface area contributed by atoms with Gasteiger partial charge < -0.3 is 10.4 Å². The molecule has 3 nitrogen and oxygen atoms in total. The minimum absolute atomic E-state index is 0.306. The number of rotatable bonds is 1. The van der Waals surface area contributed by atoms with Crippen molar-refractivity contribution in [3.8, 4) is 0 Å². The zero-order chi connectivity index (χ0) is 10.3. The standard InChI is InChI=1S/C9H7BrFNO2/c10-5-1-4-2-7(9(13)14)12-8(4)6(11)3-5/h1,3,7,12H,2H2,(H,13,14). The van der Waals surface area contributed by atoms with Gasteiger partial charge in [0, 0.05) is 10.9 Å². The summed E-state index contributed by atoms with van der Waals surface area (Å²) in [5, 5.41) is 11.4. The fourth-order valence-corrected chi connectivity index (χ4v) is 2.02. The topological polar surface area (TPSA) is 49.3 Å². The molecule has 14 heavy (non-hydrogen) atoms. The van der Waals surface area contributed by atoms with Crippen LogP contribution in [0.3, 0.4) is 0 Å². The molecule has 1 atom stereocenters. The third kappa shape index (κ3) is 1.48. The third-order valence-corrected chi connectivity index (χ3v) is 2.64. The average Bonchev–Trinajstić information content (AvgIpc) is 2.47. The predicted molar refractivity (Wildman–Crippen MR) is 52.9 cm³/mol. The number of carboxylic acids is 1. The molecule has 0 saturated heterocycles. The van der Waals surface area contributed by atoms with Crippen molar-refractivity contribution in [3.63, 3.8) is 0 Å². The van der Waals surface area contributed by atoms with Gasteiger partial charge in [-0.25, -0.2) is 9.18 Å². The number of hydrogen-bond acceptors (Lipinski definition) is 2. The number of carbonyl (C=O) groups is 1. The summed E-state index contributed by atoms with van der Waals surface area (Å²) < 4.78 is 13.9. The first-order chi connectivity index (χ1) is 6.58. The molecule has 0 aliphatic carbocycles. The largest absolute Gasteiger partial charge is 0.480 e. The second kappa shape index (κ2) is 3.24. The van der Waals surface area contributed by atoms with Gasteiger partial charge in [-0.05, 0) is 17.7 Å². The molecule has 0 amide bonds. The summed E-state index contributed by atoms with van der Waals surface area (Å²) in [7, 11) is 0. The van der Waals surface area contributed by atoms with Crippen molar-refractivity contribution in [2.45, 2.75) is 12.5 Å². The molecule has 0 bridgehead atoms. The highest BCUT2D eigenvalue weighted by Crippen LogP contribution is 2.31. The van der Waals surface area contributed by atoms with Crippen molar-refractivity contribution >= 4 is 27.6 Å². The fourth-order valence-electron chi connectivity index (χ4n) is 1.54. The molecule has 1 heterocycles. The van der Waals surface area contributed by atoms with Crippen LogP contribution in [0.25, 0.3) is 0 Å². The summed E-state index contributed by atoms with van der Waals surface area (Å²) in [5.41, 5.74) is 1.00. The first-order valence-corrected chi connectivity index (χ1v) is 4.84. The van der Waals surface area contributed by atoms with Gasteiger partial charge in [-0.15, -0.1) is 0 Å². The number of nitrogens with one attached hydrogen (secondary N) is 1. The number of aliphatic carboxylic acids is 1. The highest BCUT2D eigenvalue weighted by atomic mass is 79.9. The van der Waals surface area contributed by atoms with Crippen molar-refractivity contribution in [2.24, 2.45) is 0 Å². The summed E-state index contributed by atoms with van der Waals surface area (Å²) in [6.07, 6.45) is 0.320. The molecule has 1 unspecified atom stereocenters. The van der Waals surface area contributed by atoms with Gasteiger partial charge in [-0.1, -0.05) is 15.9 Å². The lowest BCUT2D eigenvalue weighted by Crippen LogP contribution is -2.26. The van der Waals surface area contributed by atoms with Crippen LogP contribution in [0.4, 0.5) is 10.1 Å². The molecule has 0 radical (unpaired) electrons. The second-order valence-corrected chi connectivity index (χ2v) is 4.08. The number of fused-ring (bicyclic) bond motifs is 1. The Morgan fingerprint density at radius 1 is 1.64 bits per heavy atom. The minimum Gasteiger partial charge on any atom is -0.480 e. The lowest BCUT2D eigenvalue weighted by Gasteiger charge is -2.04. The molecular weight excluding hydrogens is 253 g/mol. The van der Waals surface area contributed by atoms with Crippen LogP contribution in [0.5, 0.6) is 0 Å². The van der Waals surface area contributed by atoms with E-state index in [1.54, 1.807) is 6.07 Å². The van der Waals surface area contributed by atoms with Gasteiger partial charge in [0.2, 0.25) is 0 Å². The normalized spacial score (nSPS) is 18.9. The van der Waals surface area contributed by atoms with E-state index in [0.29, 0.717) is 22.1 Å². The number of anilines is 1. The van der Waals surface area contributed by atoms with Crippen LogP contribution in [0.2, 0.25) is 0 Å². The van der Waals surface area contributed by atoms with Crippen molar-refractivity contribution < 1.29 is 14.3 Å². The number of halogens is 2. The molecular formula is C9H7BrFNO2. The fraction of sp³-hybridized carbons (Fsp3) is 0.222. The van der Waals surface area contributed by atoms with Gasteiger partial charge in [0.05, 0.1) is 5.69 Å². The van der Waals surface area contributed by atoms with Gasteiger partial charge in [0.15, 0.2) is 0 Å². The Morgan fingerprint density at radius 3 is 3.00 bits per heavy atom. The van der Waals surface area contributed by atoms with E-state index in [1.165, 1.54) is 6.07 Å². The molecule has 0 spiro atoms. The van der Waals surface area contributed by atoms with E-state index < -0.39 is 17.8 Å². The molecule has 1 aliphatic heterocycles. The Hall–Kier alpha value is -1.10. The van der Waals surface area contributed by atoms with Crippen LogP contribution < -0.4 is 5.32 Å². The van der Waals surface area contributed by atoms with E-state index in [9.17, 15) is 9.18 Å². The minimum atomic E-state index is -0.961. The molecule has 1 aromatic rings. The zero-order valence-electron chi connectivity index (χ0n) is 7.05. The highest BCUT2D eigenvalue weighted by molar-refractivity contribution is 9.10. The SMILES string of the molecule is O=C(O)C1Cc2cc(Br)cc(F)c2N1. The van der Waals surface area contributed by atoms with Crippen LogP contribution in [0.15, 0.2) is 16.6 Å². The molecule has 1 aromatic carbocycles. The van der Waals surface area contributed by atoms with Crippen LogP contribution in [-0.4, -0.2) is 17.1 Å². The number of benzene rings is 1. The highest BCUT2D eigenvalue weighted by Gasteiger charge is 2.28. The lowest BCUT2D eigenvalue weighted by atomic mass is 10.1. The van der Waals surface area contributed by atoms with E-state index in [0.717, 1.165) is 0 Å². The average molecular weight is 260 g/mol. The first-order valence-electron chi connectivity index (χ1n) is 4.05. The molecule has 2 N–H and O–H groups in total. The Labute approximate surface area is 88.1 Å². The maximum Gasteiger partial charge on any atom is 0.326 e. The van der Waals surface area contributed by atoms with Crippen LogP contribution >= 0.6 is 15.9 Å². The van der Waals surface area contributed by atoms with Gasteiger partial charge in [-0.2, -0.15) is 0 Å². The summed E-state index contributed by atoms with van der Waals surface area (Å²) >= 11 is 3.16. The first kappa shape index (κ1) is 9.45. The predicted octanol–water partition coefficient (Wildman–Crippen LogP) is 2.01. The van der Waals surface area contributed by atoms with E-state index in [4.69, 9.17) is 5.11 Å². The van der Waals surface area contributed by atoms with E-state index in [2.05, 4.69) is 21.2 Å². The van der Waals surface area contributed by atoms with Crippen molar-refractivity contribution in [2.75, 3.05) is 5.32 Å². The summed E-state index contributed by atoms with van der Waals surface area (Å²) in [6, 6.07) is 2.33. The number of carboxylic acid groups (broad SMARTS) is 1. The van der Waals surface area contributed by atoms with Crippen LogP contribution in [0.1, 0.15) is 5.56 Å². The lowest BCUT2D eigenvalue weighted by molar-refractivity contribution is -0.137. The maximum atomic E-state index is 13.3. The van der Waals surface area contributed by atoms with E-state index in [-0.39, 0.29) is 0 Å². The third-order valence-electron chi connectivity index (χ3n) is 2.18. The summed E-state index contributed by atoms with van der Waals surface area (Å²) in [4.78, 5) is 10.7. The van der Waals surface area contributed by atoms with E-state index >= 15 is 0 Å². The molecule has 0 aromatic heterocycles. The van der Waals surface area contributed by atoms with E-state index in [1.807, 2.05) is 0 Å². The Bertz CT molecular complexity index is 408. The molecule has 1 aliphatic rings. The quantitative estimate of drug-likeness (QED) is 0.812. The van der Waals surface area contributed by atoms with Crippen molar-refractivity contribution in [3.05, 3.63) is 28.0 Å². The summed E-state index contributed by atoms with van der Waals surface area (Å²) in [5.74, 6) is -1.38. The van der Waals surface area contributed by atoms with Crippen molar-refractivity contribution in [1.29, 1.82) is 0 Å². The maximum absolute atomic E-state index is 13.3. The molecule has 5 heteroatoms. The molecule has 0 saturated carbocycles. The Balaban J connectivity index is 2.39. The second-order valence-electron chi connectivity index (χ2n) is 3.16. The molecule has 74 valence electrons. The molecule has 2 rings (SSSR count). The Kier molecular flexibility index (Phi) is 2.19. The van der Waals surface area contributed by atoms with Gasteiger partial charge in [0.25, 0.3) is 0 Å². The van der Waals surface area contributed by atoms with Gasteiger partial charge in [0.1, 0.15) is 11.9 Å². The Morgan fingerprint density at radius 2 is 2.36 bits per heavy atom.